The second kappa shape index (κ2) is 7.07. The SMILES string of the molecule is O=C(NCCCCC1CCCC1)c1n[nH]c2c1CNCC2. The zero-order valence-corrected chi connectivity index (χ0v) is 12.7. The molecule has 3 rings (SSSR count). The molecular formula is C16H26N4O. The second-order valence-electron chi connectivity index (χ2n) is 6.36. The number of unbranched alkanes of at least 4 members (excludes halogenated alkanes) is 1. The lowest BCUT2D eigenvalue weighted by Crippen LogP contribution is -2.29. The van der Waals surface area contributed by atoms with Gasteiger partial charge < -0.3 is 10.6 Å². The summed E-state index contributed by atoms with van der Waals surface area (Å²) < 4.78 is 0. The monoisotopic (exact) mass is 290 g/mol. The lowest BCUT2D eigenvalue weighted by molar-refractivity contribution is 0.0946. The Morgan fingerprint density at radius 2 is 2.14 bits per heavy atom. The molecule has 1 amide bonds. The van der Waals surface area contributed by atoms with Gasteiger partial charge in [0.2, 0.25) is 0 Å². The lowest BCUT2D eigenvalue weighted by Gasteiger charge is -2.13. The van der Waals surface area contributed by atoms with Crippen molar-refractivity contribution in [2.45, 2.75) is 57.9 Å². The summed E-state index contributed by atoms with van der Waals surface area (Å²) in [5.74, 6) is 0.919. The topological polar surface area (TPSA) is 69.8 Å². The van der Waals surface area contributed by atoms with Gasteiger partial charge in [-0.1, -0.05) is 38.5 Å². The number of H-pyrrole nitrogens is 1. The molecular weight excluding hydrogens is 264 g/mol. The molecule has 1 fully saturated rings. The highest BCUT2D eigenvalue weighted by Crippen LogP contribution is 2.28. The Balaban J connectivity index is 1.39. The van der Waals surface area contributed by atoms with Crippen LogP contribution in [0.1, 0.15) is 66.7 Å². The largest absolute Gasteiger partial charge is 0.351 e. The number of aromatic amines is 1. The number of fused-ring (bicyclic) bond motifs is 1. The fourth-order valence-corrected chi connectivity index (χ4v) is 3.56. The third kappa shape index (κ3) is 3.64. The van der Waals surface area contributed by atoms with E-state index >= 15 is 0 Å². The summed E-state index contributed by atoms with van der Waals surface area (Å²) in [5.41, 5.74) is 2.73. The highest BCUT2D eigenvalue weighted by Gasteiger charge is 2.21. The maximum Gasteiger partial charge on any atom is 0.272 e. The van der Waals surface area contributed by atoms with Crippen molar-refractivity contribution in [2.75, 3.05) is 13.1 Å². The molecule has 0 bridgehead atoms. The Kier molecular flexibility index (Phi) is 4.91. The molecule has 3 N–H and O–H groups in total. The van der Waals surface area contributed by atoms with Gasteiger partial charge in [-0.25, -0.2) is 0 Å². The number of hydrogen-bond donors (Lipinski definition) is 3. The van der Waals surface area contributed by atoms with Crippen LogP contribution >= 0.6 is 0 Å². The molecule has 1 aliphatic heterocycles. The number of carbonyl (C=O) groups is 1. The molecule has 0 spiro atoms. The number of amides is 1. The Labute approximate surface area is 126 Å². The predicted octanol–water partition coefficient (Wildman–Crippen LogP) is 2.15. The zero-order valence-electron chi connectivity index (χ0n) is 12.7. The number of nitrogens with one attached hydrogen (secondary N) is 3. The van der Waals surface area contributed by atoms with E-state index in [2.05, 4.69) is 20.8 Å². The standard InChI is InChI=1S/C16H26N4O/c21-16(15-13-11-17-10-8-14(13)19-20-15)18-9-4-3-7-12-5-1-2-6-12/h12,17H,1-11H2,(H,18,21)(H,19,20). The van der Waals surface area contributed by atoms with Crippen LogP contribution in [0.25, 0.3) is 0 Å². The average Bonchev–Trinajstić information content (AvgIpc) is 3.16. The van der Waals surface area contributed by atoms with Gasteiger partial charge in [0.15, 0.2) is 5.69 Å². The molecule has 2 heterocycles. The van der Waals surface area contributed by atoms with Gasteiger partial charge >= 0.3 is 0 Å². The molecule has 0 atom stereocenters. The molecule has 5 nitrogen and oxygen atoms in total. The molecule has 0 aromatic carbocycles. The Hall–Kier alpha value is -1.36. The summed E-state index contributed by atoms with van der Waals surface area (Å²) in [7, 11) is 0. The zero-order chi connectivity index (χ0) is 14.5. The van der Waals surface area contributed by atoms with Crippen molar-refractivity contribution < 1.29 is 4.79 Å². The van der Waals surface area contributed by atoms with E-state index in [-0.39, 0.29) is 5.91 Å². The highest BCUT2D eigenvalue weighted by atomic mass is 16.1. The van der Waals surface area contributed by atoms with E-state index in [0.717, 1.165) is 49.7 Å². The molecule has 1 saturated carbocycles. The van der Waals surface area contributed by atoms with E-state index in [0.29, 0.717) is 5.69 Å². The van der Waals surface area contributed by atoms with Crippen molar-refractivity contribution in [1.29, 1.82) is 0 Å². The van der Waals surface area contributed by atoms with Crippen LogP contribution in [0.2, 0.25) is 0 Å². The third-order valence-electron chi connectivity index (χ3n) is 4.82. The van der Waals surface area contributed by atoms with Crippen LogP contribution in [0.3, 0.4) is 0 Å². The van der Waals surface area contributed by atoms with Gasteiger partial charge in [0, 0.05) is 37.3 Å². The first kappa shape index (κ1) is 14.6. The van der Waals surface area contributed by atoms with E-state index in [1.807, 2.05) is 0 Å². The molecule has 0 saturated heterocycles. The number of nitrogens with zero attached hydrogens (tertiary/aromatic N) is 1. The summed E-state index contributed by atoms with van der Waals surface area (Å²) in [4.78, 5) is 12.2. The number of hydrogen-bond acceptors (Lipinski definition) is 3. The van der Waals surface area contributed by atoms with E-state index in [1.54, 1.807) is 0 Å². The van der Waals surface area contributed by atoms with Crippen LogP contribution < -0.4 is 10.6 Å². The predicted molar refractivity (Wildman–Crippen MR) is 82.1 cm³/mol. The first-order valence-electron chi connectivity index (χ1n) is 8.39. The van der Waals surface area contributed by atoms with E-state index in [4.69, 9.17) is 0 Å². The average molecular weight is 290 g/mol. The van der Waals surface area contributed by atoms with Gasteiger partial charge in [-0.15, -0.1) is 0 Å². The molecule has 0 unspecified atom stereocenters. The first-order chi connectivity index (χ1) is 10.3. The van der Waals surface area contributed by atoms with Crippen molar-refractivity contribution in [1.82, 2.24) is 20.8 Å². The second-order valence-corrected chi connectivity index (χ2v) is 6.36. The summed E-state index contributed by atoms with van der Waals surface area (Å²) in [6.45, 7) is 2.47. The number of aromatic nitrogens is 2. The fourth-order valence-electron chi connectivity index (χ4n) is 3.56. The third-order valence-corrected chi connectivity index (χ3v) is 4.82. The van der Waals surface area contributed by atoms with Crippen molar-refractivity contribution in [3.05, 3.63) is 17.0 Å². The normalized spacial score (nSPS) is 18.7. The van der Waals surface area contributed by atoms with Gasteiger partial charge in [0.1, 0.15) is 0 Å². The Morgan fingerprint density at radius 3 is 3.00 bits per heavy atom. The van der Waals surface area contributed by atoms with Crippen molar-refractivity contribution in [3.63, 3.8) is 0 Å². The van der Waals surface area contributed by atoms with E-state index in [9.17, 15) is 4.79 Å². The minimum Gasteiger partial charge on any atom is -0.351 e. The van der Waals surface area contributed by atoms with Gasteiger partial charge in [-0.2, -0.15) is 5.10 Å². The number of carbonyl (C=O) groups excluding carboxylic acids is 1. The van der Waals surface area contributed by atoms with Crippen LogP contribution in [-0.2, 0) is 13.0 Å². The van der Waals surface area contributed by atoms with Gasteiger partial charge in [0.25, 0.3) is 5.91 Å². The van der Waals surface area contributed by atoms with Crippen LogP contribution in [0.5, 0.6) is 0 Å². The summed E-state index contributed by atoms with van der Waals surface area (Å²) >= 11 is 0. The Morgan fingerprint density at radius 1 is 1.29 bits per heavy atom. The van der Waals surface area contributed by atoms with E-state index < -0.39 is 0 Å². The Bertz CT molecular complexity index is 477. The molecule has 21 heavy (non-hydrogen) atoms. The van der Waals surface area contributed by atoms with Crippen LogP contribution in [0, 0.1) is 5.92 Å². The van der Waals surface area contributed by atoms with Crippen molar-refractivity contribution in [3.8, 4) is 0 Å². The minimum atomic E-state index is -0.0305. The highest BCUT2D eigenvalue weighted by molar-refractivity contribution is 5.94. The van der Waals surface area contributed by atoms with E-state index in [1.165, 1.54) is 38.5 Å². The molecule has 5 heteroatoms. The van der Waals surface area contributed by atoms with Crippen molar-refractivity contribution >= 4 is 5.91 Å². The van der Waals surface area contributed by atoms with Gasteiger partial charge in [0.05, 0.1) is 0 Å². The smallest absolute Gasteiger partial charge is 0.272 e. The summed E-state index contributed by atoms with van der Waals surface area (Å²) in [5, 5.41) is 13.5. The quantitative estimate of drug-likeness (QED) is 0.703. The van der Waals surface area contributed by atoms with Gasteiger partial charge in [-0.3, -0.25) is 9.89 Å². The van der Waals surface area contributed by atoms with Gasteiger partial charge in [-0.05, 0) is 12.3 Å². The molecule has 0 radical (unpaired) electrons. The minimum absolute atomic E-state index is 0.0305. The molecule has 116 valence electrons. The molecule has 1 aliphatic carbocycles. The maximum atomic E-state index is 12.2. The van der Waals surface area contributed by atoms with Crippen LogP contribution in [0.15, 0.2) is 0 Å². The lowest BCUT2D eigenvalue weighted by atomic mass is 10.0. The summed E-state index contributed by atoms with van der Waals surface area (Å²) in [6, 6.07) is 0. The first-order valence-corrected chi connectivity index (χ1v) is 8.39. The molecule has 1 aromatic rings. The molecule has 1 aromatic heterocycles. The van der Waals surface area contributed by atoms with Crippen LogP contribution in [0.4, 0.5) is 0 Å². The summed E-state index contributed by atoms with van der Waals surface area (Å²) in [6.07, 6.45) is 10.2. The maximum absolute atomic E-state index is 12.2. The van der Waals surface area contributed by atoms with Crippen molar-refractivity contribution in [2.24, 2.45) is 5.92 Å². The fraction of sp³-hybridized carbons (Fsp3) is 0.750. The molecule has 2 aliphatic rings. The van der Waals surface area contributed by atoms with Crippen LogP contribution in [-0.4, -0.2) is 29.2 Å². The number of rotatable bonds is 6.